The van der Waals surface area contributed by atoms with E-state index in [0.717, 1.165) is 0 Å². The molecule has 0 aromatic heterocycles. The molecule has 0 saturated carbocycles. The van der Waals surface area contributed by atoms with E-state index in [9.17, 15) is 0 Å². The van der Waals surface area contributed by atoms with Gasteiger partial charge in [-0.1, -0.05) is 103 Å². The van der Waals surface area contributed by atoms with E-state index in [1.54, 1.807) is 0 Å². The quantitative estimate of drug-likeness (QED) is 0.493. The van der Waals surface area contributed by atoms with Gasteiger partial charge in [0.15, 0.2) is 0 Å². The molecule has 0 saturated heterocycles. The maximum atomic E-state index is 2.20. The van der Waals surface area contributed by atoms with Crippen LogP contribution in [-0.4, -0.2) is 0 Å². The van der Waals surface area contributed by atoms with Crippen molar-refractivity contribution in [3.63, 3.8) is 0 Å². The van der Waals surface area contributed by atoms with Crippen molar-refractivity contribution in [2.75, 3.05) is 0 Å². The second-order valence-electron chi connectivity index (χ2n) is 5.57. The summed E-state index contributed by atoms with van der Waals surface area (Å²) in [6.07, 6.45) is 8.72. The van der Waals surface area contributed by atoms with Gasteiger partial charge in [-0.3, -0.25) is 0 Å². The maximum Gasteiger partial charge on any atom is -0.0155 e. The van der Waals surface area contributed by atoms with Crippen molar-refractivity contribution in [3.8, 4) is 0 Å². The first-order valence-electron chi connectivity index (χ1n) is 7.89. The van der Waals surface area contributed by atoms with Crippen LogP contribution in [0.5, 0.6) is 0 Å². The minimum absolute atomic E-state index is 1.21. The molecule has 0 unspecified atom stereocenters. The van der Waals surface area contributed by atoms with Crippen LogP contribution in [0.3, 0.4) is 0 Å². The third-order valence-corrected chi connectivity index (χ3v) is 3.85. The smallest absolute Gasteiger partial charge is 0.0155 e. The molecular weight excluding hydrogens is 276 g/mol. The summed E-state index contributed by atoms with van der Waals surface area (Å²) < 4.78 is 0. The van der Waals surface area contributed by atoms with Crippen LogP contribution in [0, 0.1) is 6.92 Å². The molecule has 0 atom stereocenters. The molecule has 0 amide bonds. The largest absolute Gasteiger partial charge is 0.0622 e. The zero-order valence-electron chi connectivity index (χ0n) is 13.3. The Kier molecular flexibility index (Phi) is 4.85. The van der Waals surface area contributed by atoms with E-state index in [4.69, 9.17) is 0 Å². The van der Waals surface area contributed by atoms with E-state index in [0.29, 0.717) is 0 Å². The van der Waals surface area contributed by atoms with Gasteiger partial charge in [-0.2, -0.15) is 0 Å². The highest BCUT2D eigenvalue weighted by Gasteiger charge is 1.99. The monoisotopic (exact) mass is 296 g/mol. The van der Waals surface area contributed by atoms with Crippen molar-refractivity contribution in [1.29, 1.82) is 0 Å². The molecule has 0 spiro atoms. The number of benzene rings is 3. The minimum Gasteiger partial charge on any atom is -0.0622 e. The predicted octanol–water partition coefficient (Wildman–Crippen LogP) is 6.34. The molecular formula is C23H20. The fourth-order valence-electron chi connectivity index (χ4n) is 2.57. The first-order valence-corrected chi connectivity index (χ1v) is 7.89. The summed E-state index contributed by atoms with van der Waals surface area (Å²) in [6.45, 7) is 2.16. The number of hydrogen-bond donors (Lipinski definition) is 0. The van der Waals surface area contributed by atoms with Gasteiger partial charge in [-0.05, 0) is 34.7 Å². The van der Waals surface area contributed by atoms with Gasteiger partial charge >= 0.3 is 0 Å². The molecule has 0 nitrogen and oxygen atoms in total. The summed E-state index contributed by atoms with van der Waals surface area (Å²) in [5.41, 5.74) is 6.22. The van der Waals surface area contributed by atoms with Gasteiger partial charge in [0.2, 0.25) is 0 Å². The van der Waals surface area contributed by atoms with Gasteiger partial charge in [0.05, 0.1) is 0 Å². The highest BCUT2D eigenvalue weighted by molar-refractivity contribution is 5.80. The van der Waals surface area contributed by atoms with Crippen LogP contribution in [0.4, 0.5) is 0 Å². The molecule has 0 aliphatic rings. The molecule has 3 rings (SSSR count). The summed E-state index contributed by atoms with van der Waals surface area (Å²) in [4.78, 5) is 0. The predicted molar refractivity (Wildman–Crippen MR) is 102 cm³/mol. The van der Waals surface area contributed by atoms with Crippen LogP contribution in [0.15, 0.2) is 78.9 Å². The van der Waals surface area contributed by atoms with E-state index >= 15 is 0 Å². The van der Waals surface area contributed by atoms with E-state index < -0.39 is 0 Å². The van der Waals surface area contributed by atoms with Gasteiger partial charge in [0.1, 0.15) is 0 Å². The second kappa shape index (κ2) is 7.42. The number of aryl methyl sites for hydroxylation is 1. The molecule has 3 aromatic rings. The Bertz CT molecular complexity index is 809. The summed E-state index contributed by atoms with van der Waals surface area (Å²) >= 11 is 0. The lowest BCUT2D eigenvalue weighted by Crippen LogP contribution is -1.85. The van der Waals surface area contributed by atoms with Gasteiger partial charge in [-0.15, -0.1) is 0 Å². The molecule has 0 aliphatic heterocycles. The van der Waals surface area contributed by atoms with Crippen LogP contribution < -0.4 is 0 Å². The first kappa shape index (κ1) is 15.1. The van der Waals surface area contributed by atoms with Crippen molar-refractivity contribution >= 4 is 24.3 Å². The summed E-state index contributed by atoms with van der Waals surface area (Å²) in [5, 5.41) is 0. The Morgan fingerprint density at radius 1 is 0.522 bits per heavy atom. The van der Waals surface area contributed by atoms with Crippen LogP contribution >= 0.6 is 0 Å². The van der Waals surface area contributed by atoms with Gasteiger partial charge < -0.3 is 0 Å². The van der Waals surface area contributed by atoms with Crippen molar-refractivity contribution in [2.45, 2.75) is 6.92 Å². The lowest BCUT2D eigenvalue weighted by atomic mass is 9.99. The molecule has 23 heavy (non-hydrogen) atoms. The SMILES string of the molecule is Cc1cccc(/C=C/c2ccccc2)c1/C=C/c1ccccc1. The Balaban J connectivity index is 1.91. The van der Waals surface area contributed by atoms with Crippen molar-refractivity contribution in [3.05, 3.63) is 107 Å². The van der Waals surface area contributed by atoms with E-state index in [2.05, 4.69) is 98.0 Å². The minimum atomic E-state index is 1.21. The van der Waals surface area contributed by atoms with Crippen LogP contribution in [0.2, 0.25) is 0 Å². The lowest BCUT2D eigenvalue weighted by molar-refractivity contribution is 1.43. The molecule has 0 radical (unpaired) electrons. The molecule has 0 bridgehead atoms. The zero-order valence-corrected chi connectivity index (χ0v) is 13.3. The molecule has 0 aliphatic carbocycles. The summed E-state index contributed by atoms with van der Waals surface area (Å²) in [7, 11) is 0. The molecule has 0 fully saturated rings. The molecule has 112 valence electrons. The van der Waals surface area contributed by atoms with Gasteiger partial charge in [0.25, 0.3) is 0 Å². The summed E-state index contributed by atoms with van der Waals surface area (Å²) in [6, 6.07) is 27.2. The normalized spacial score (nSPS) is 11.3. The fraction of sp³-hybridized carbons (Fsp3) is 0.0435. The molecule has 0 heterocycles. The van der Waals surface area contributed by atoms with Gasteiger partial charge in [-0.25, -0.2) is 0 Å². The average Bonchev–Trinajstić information content (AvgIpc) is 2.61. The van der Waals surface area contributed by atoms with Crippen LogP contribution in [0.25, 0.3) is 24.3 Å². The standard InChI is InChI=1S/C23H20/c1-19-9-8-14-22(17-15-20-10-4-2-5-11-20)23(19)18-16-21-12-6-3-7-13-21/h2-18H,1H3/b17-15+,18-16+. The van der Waals surface area contributed by atoms with Crippen molar-refractivity contribution in [2.24, 2.45) is 0 Å². The van der Waals surface area contributed by atoms with E-state index in [1.807, 2.05) is 12.1 Å². The topological polar surface area (TPSA) is 0 Å². The second-order valence-corrected chi connectivity index (χ2v) is 5.57. The Morgan fingerprint density at radius 3 is 1.70 bits per heavy atom. The number of hydrogen-bond acceptors (Lipinski definition) is 0. The van der Waals surface area contributed by atoms with E-state index in [-0.39, 0.29) is 0 Å². The Hall–Kier alpha value is -2.86. The molecule has 0 N–H and O–H groups in total. The Morgan fingerprint density at radius 2 is 1.09 bits per heavy atom. The molecule has 0 heteroatoms. The highest BCUT2D eigenvalue weighted by atomic mass is 14.0. The van der Waals surface area contributed by atoms with Crippen LogP contribution in [-0.2, 0) is 0 Å². The Labute approximate surface area is 138 Å². The van der Waals surface area contributed by atoms with Crippen molar-refractivity contribution in [1.82, 2.24) is 0 Å². The maximum absolute atomic E-state index is 2.20. The third kappa shape index (κ3) is 4.08. The third-order valence-electron chi connectivity index (χ3n) is 3.85. The zero-order chi connectivity index (χ0) is 15.9. The van der Waals surface area contributed by atoms with Gasteiger partial charge in [0, 0.05) is 0 Å². The summed E-state index contributed by atoms with van der Waals surface area (Å²) in [5.74, 6) is 0. The number of rotatable bonds is 4. The lowest BCUT2D eigenvalue weighted by Gasteiger charge is -2.05. The highest BCUT2D eigenvalue weighted by Crippen LogP contribution is 2.20. The average molecular weight is 296 g/mol. The fourth-order valence-corrected chi connectivity index (χ4v) is 2.57. The van der Waals surface area contributed by atoms with Crippen LogP contribution in [0.1, 0.15) is 27.8 Å². The van der Waals surface area contributed by atoms with Crippen molar-refractivity contribution < 1.29 is 0 Å². The first-order chi connectivity index (χ1) is 11.3. The molecule has 3 aromatic carbocycles. The van der Waals surface area contributed by atoms with E-state index in [1.165, 1.54) is 27.8 Å².